The van der Waals surface area contributed by atoms with E-state index >= 15 is 0 Å². The van der Waals surface area contributed by atoms with E-state index < -0.39 is 10.0 Å². The van der Waals surface area contributed by atoms with Gasteiger partial charge in [0.1, 0.15) is 0 Å². The highest BCUT2D eigenvalue weighted by Gasteiger charge is 2.19. The summed E-state index contributed by atoms with van der Waals surface area (Å²) < 4.78 is 25.8. The fourth-order valence-electron chi connectivity index (χ4n) is 2.69. The highest BCUT2D eigenvalue weighted by Crippen LogP contribution is 2.25. The minimum Gasteiger partial charge on any atom is -0.326 e. The van der Waals surface area contributed by atoms with Gasteiger partial charge >= 0.3 is 0 Å². The average Bonchev–Trinajstić information content (AvgIpc) is 2.52. The van der Waals surface area contributed by atoms with Gasteiger partial charge in [0.05, 0.1) is 11.9 Å². The molecule has 5 nitrogen and oxygen atoms in total. The van der Waals surface area contributed by atoms with E-state index in [-0.39, 0.29) is 18.9 Å². The normalized spacial score (nSPS) is 11.3. The number of amides is 1. The molecule has 0 atom stereocenters. The second kappa shape index (κ2) is 8.95. The van der Waals surface area contributed by atoms with E-state index in [4.69, 9.17) is 23.2 Å². The number of sulfonamides is 1. The Morgan fingerprint density at radius 3 is 2.30 bits per heavy atom. The van der Waals surface area contributed by atoms with Crippen LogP contribution in [0.4, 0.5) is 11.4 Å². The van der Waals surface area contributed by atoms with Gasteiger partial charge in [-0.1, -0.05) is 35.3 Å². The minimum absolute atomic E-state index is 0.168. The van der Waals surface area contributed by atoms with Gasteiger partial charge in [-0.3, -0.25) is 9.10 Å². The first kappa shape index (κ1) is 21.5. The molecule has 8 heteroatoms. The first-order valence-electron chi connectivity index (χ1n) is 8.37. The lowest BCUT2D eigenvalue weighted by atomic mass is 10.1. The van der Waals surface area contributed by atoms with Crippen molar-refractivity contribution in [2.24, 2.45) is 0 Å². The first-order valence-corrected chi connectivity index (χ1v) is 11.0. The molecule has 0 aliphatic heterocycles. The van der Waals surface area contributed by atoms with Gasteiger partial charge in [-0.2, -0.15) is 0 Å². The first-order chi connectivity index (χ1) is 12.6. The van der Waals surface area contributed by atoms with Crippen molar-refractivity contribution in [2.45, 2.75) is 26.7 Å². The monoisotopic (exact) mass is 428 g/mol. The zero-order chi connectivity index (χ0) is 20.2. The largest absolute Gasteiger partial charge is 0.326 e. The maximum atomic E-state index is 12.2. The molecule has 0 heterocycles. The summed E-state index contributed by atoms with van der Waals surface area (Å²) in [4.78, 5) is 12.2. The molecule has 0 aromatic heterocycles. The maximum Gasteiger partial charge on any atom is 0.232 e. The Bertz CT molecular complexity index is 926. The van der Waals surface area contributed by atoms with Crippen LogP contribution in [0.1, 0.15) is 24.0 Å². The number of benzene rings is 2. The summed E-state index contributed by atoms with van der Waals surface area (Å²) in [5.41, 5.74) is 2.98. The van der Waals surface area contributed by atoms with Crippen molar-refractivity contribution in [1.29, 1.82) is 0 Å². The van der Waals surface area contributed by atoms with Crippen LogP contribution in [0.2, 0.25) is 10.0 Å². The molecule has 0 saturated heterocycles. The van der Waals surface area contributed by atoms with E-state index in [1.165, 1.54) is 10.6 Å². The fourth-order valence-corrected chi connectivity index (χ4v) is 4.23. The lowest BCUT2D eigenvalue weighted by Crippen LogP contribution is -2.32. The quantitative estimate of drug-likeness (QED) is 0.688. The Balaban J connectivity index is 2.03. The SMILES string of the molecule is Cc1ccc(C)c(N(CCCC(=O)Nc2cc(Cl)cc(Cl)c2)S(C)(=O)=O)c1. The molecule has 2 rings (SSSR count). The van der Waals surface area contributed by atoms with Crippen molar-refractivity contribution in [1.82, 2.24) is 0 Å². The molecule has 0 saturated carbocycles. The van der Waals surface area contributed by atoms with Crippen LogP contribution in [0, 0.1) is 13.8 Å². The van der Waals surface area contributed by atoms with Crippen LogP contribution in [0.15, 0.2) is 36.4 Å². The molecule has 0 spiro atoms. The summed E-state index contributed by atoms with van der Waals surface area (Å²) in [5.74, 6) is -0.234. The van der Waals surface area contributed by atoms with Crippen LogP contribution in [0.5, 0.6) is 0 Å². The number of hydrogen-bond donors (Lipinski definition) is 1. The number of hydrogen-bond acceptors (Lipinski definition) is 3. The molecule has 1 N–H and O–H groups in total. The summed E-state index contributed by atoms with van der Waals surface area (Å²) in [7, 11) is -3.46. The number of nitrogens with zero attached hydrogens (tertiary/aromatic N) is 1. The molecule has 1 amide bonds. The Kier molecular flexibility index (Phi) is 7.14. The summed E-state index contributed by atoms with van der Waals surface area (Å²) in [6.07, 6.45) is 1.71. The third-order valence-corrected chi connectivity index (χ3v) is 5.56. The van der Waals surface area contributed by atoms with E-state index in [9.17, 15) is 13.2 Å². The van der Waals surface area contributed by atoms with Crippen molar-refractivity contribution in [3.8, 4) is 0 Å². The van der Waals surface area contributed by atoms with Crippen LogP contribution in [-0.2, 0) is 14.8 Å². The van der Waals surface area contributed by atoms with Crippen LogP contribution in [0.25, 0.3) is 0 Å². The molecular formula is C19H22Cl2N2O3S. The average molecular weight is 429 g/mol. The number of nitrogens with one attached hydrogen (secondary N) is 1. The predicted octanol–water partition coefficient (Wildman–Crippen LogP) is 4.80. The molecule has 2 aromatic carbocycles. The lowest BCUT2D eigenvalue weighted by Gasteiger charge is -2.24. The minimum atomic E-state index is -3.46. The van der Waals surface area contributed by atoms with Crippen molar-refractivity contribution in [3.05, 3.63) is 57.6 Å². The van der Waals surface area contributed by atoms with Crippen molar-refractivity contribution < 1.29 is 13.2 Å². The van der Waals surface area contributed by atoms with Gasteiger partial charge in [-0.05, 0) is 55.7 Å². The highest BCUT2D eigenvalue weighted by molar-refractivity contribution is 7.92. The Morgan fingerprint density at radius 1 is 1.07 bits per heavy atom. The van der Waals surface area contributed by atoms with Gasteiger partial charge in [0, 0.05) is 28.7 Å². The van der Waals surface area contributed by atoms with Crippen LogP contribution in [-0.4, -0.2) is 27.1 Å². The highest BCUT2D eigenvalue weighted by atomic mass is 35.5. The van der Waals surface area contributed by atoms with Gasteiger partial charge in [0.2, 0.25) is 15.9 Å². The Morgan fingerprint density at radius 2 is 1.70 bits per heavy atom. The number of carbonyl (C=O) groups is 1. The number of aryl methyl sites for hydroxylation is 2. The molecule has 0 radical (unpaired) electrons. The number of carbonyl (C=O) groups excluding carboxylic acids is 1. The zero-order valence-corrected chi connectivity index (χ0v) is 17.7. The van der Waals surface area contributed by atoms with E-state index in [1.807, 2.05) is 32.0 Å². The van der Waals surface area contributed by atoms with Gasteiger partial charge < -0.3 is 5.32 Å². The van der Waals surface area contributed by atoms with E-state index in [1.54, 1.807) is 18.2 Å². The molecule has 0 aliphatic rings. The Labute approximate surface area is 170 Å². The number of rotatable bonds is 7. The molecule has 0 fully saturated rings. The smallest absolute Gasteiger partial charge is 0.232 e. The third kappa shape index (κ3) is 6.41. The van der Waals surface area contributed by atoms with Crippen LogP contribution >= 0.6 is 23.2 Å². The number of anilines is 2. The molecule has 0 bridgehead atoms. The molecule has 0 aliphatic carbocycles. The molecule has 0 unspecified atom stereocenters. The van der Waals surface area contributed by atoms with Gasteiger partial charge in [-0.15, -0.1) is 0 Å². The van der Waals surface area contributed by atoms with Crippen LogP contribution in [0.3, 0.4) is 0 Å². The molecule has 146 valence electrons. The second-order valence-corrected chi connectivity index (χ2v) is 9.21. The topological polar surface area (TPSA) is 66.5 Å². The summed E-state index contributed by atoms with van der Waals surface area (Å²) in [6.45, 7) is 3.99. The molecule has 2 aromatic rings. The lowest BCUT2D eigenvalue weighted by molar-refractivity contribution is -0.116. The standard InChI is InChI=1S/C19H22Cl2N2O3S/c1-13-6-7-14(2)18(9-13)23(27(3,25)26)8-4-5-19(24)22-17-11-15(20)10-16(21)12-17/h6-7,9-12H,4-5,8H2,1-3H3,(H,22,24). The van der Waals surface area contributed by atoms with Crippen molar-refractivity contribution in [2.75, 3.05) is 22.4 Å². The van der Waals surface area contributed by atoms with E-state index in [0.29, 0.717) is 27.8 Å². The second-order valence-electron chi connectivity index (χ2n) is 6.43. The number of halogens is 2. The Hall–Kier alpha value is -1.76. The van der Waals surface area contributed by atoms with Crippen molar-refractivity contribution in [3.63, 3.8) is 0 Å². The summed E-state index contributed by atoms with van der Waals surface area (Å²) in [5, 5.41) is 3.57. The summed E-state index contributed by atoms with van der Waals surface area (Å²) >= 11 is 11.8. The van der Waals surface area contributed by atoms with Gasteiger partial charge in [0.25, 0.3) is 0 Å². The summed E-state index contributed by atoms with van der Waals surface area (Å²) in [6, 6.07) is 10.4. The van der Waals surface area contributed by atoms with Crippen LogP contribution < -0.4 is 9.62 Å². The predicted molar refractivity (Wildman–Crippen MR) is 112 cm³/mol. The van der Waals surface area contributed by atoms with E-state index in [2.05, 4.69) is 5.32 Å². The maximum absolute atomic E-state index is 12.2. The molecular weight excluding hydrogens is 407 g/mol. The van der Waals surface area contributed by atoms with Gasteiger partial charge in [0.15, 0.2) is 0 Å². The van der Waals surface area contributed by atoms with E-state index in [0.717, 1.165) is 11.1 Å². The van der Waals surface area contributed by atoms with Crippen molar-refractivity contribution >= 4 is 50.5 Å². The zero-order valence-electron chi connectivity index (χ0n) is 15.4. The van der Waals surface area contributed by atoms with Gasteiger partial charge in [-0.25, -0.2) is 8.42 Å². The third-order valence-electron chi connectivity index (χ3n) is 3.95. The molecule has 27 heavy (non-hydrogen) atoms. The fraction of sp³-hybridized carbons (Fsp3) is 0.316.